The second kappa shape index (κ2) is 8.89. The standard InChI is InChI=1S/C17H25N6O8P/c1-4-10(24)28-5-8(2)22-32(26)29-6-9-13(31-32)12(25)16(30-9)23-7-19-11-14(23)20-17(18)21-15(11)27-3/h7-9,12-13,16,25H,4-6H2,1-3H3,(H,22,26)(H2,18,20,21)/t8-,9+,12-,13+,16+,32?/m0/s1. The Morgan fingerprint density at radius 3 is 3.00 bits per heavy atom. The van der Waals surface area contributed by atoms with E-state index in [0.717, 1.165) is 0 Å². The predicted octanol–water partition coefficient (Wildman–Crippen LogP) is 0.130. The van der Waals surface area contributed by atoms with Crippen molar-refractivity contribution >= 4 is 30.8 Å². The molecule has 2 aliphatic rings. The van der Waals surface area contributed by atoms with Gasteiger partial charge in [-0.05, 0) is 6.92 Å². The maximum Gasteiger partial charge on any atom is 0.406 e. The molecule has 2 fully saturated rings. The highest BCUT2D eigenvalue weighted by molar-refractivity contribution is 7.51. The summed E-state index contributed by atoms with van der Waals surface area (Å²) in [6.45, 7) is 3.24. The molecule has 0 saturated carbocycles. The highest BCUT2D eigenvalue weighted by Gasteiger charge is 2.53. The molecular formula is C17H25N6O8P. The van der Waals surface area contributed by atoms with Crippen LogP contribution in [0, 0.1) is 0 Å². The number of aliphatic hydroxyl groups is 1. The van der Waals surface area contributed by atoms with E-state index in [0.29, 0.717) is 11.2 Å². The third kappa shape index (κ3) is 4.29. The molecule has 2 aromatic rings. The van der Waals surface area contributed by atoms with Crippen LogP contribution in [-0.4, -0.2) is 75.3 Å². The van der Waals surface area contributed by atoms with E-state index >= 15 is 0 Å². The van der Waals surface area contributed by atoms with Crippen molar-refractivity contribution in [2.45, 2.75) is 50.8 Å². The van der Waals surface area contributed by atoms with Gasteiger partial charge in [-0.3, -0.25) is 18.4 Å². The summed E-state index contributed by atoms with van der Waals surface area (Å²) in [5.74, 6) is -0.229. The van der Waals surface area contributed by atoms with Crippen LogP contribution in [0.3, 0.4) is 0 Å². The number of rotatable bonds is 7. The zero-order chi connectivity index (χ0) is 23.0. The summed E-state index contributed by atoms with van der Waals surface area (Å²) in [5.41, 5.74) is 6.38. The minimum absolute atomic E-state index is 0.0108. The fourth-order valence-corrected chi connectivity index (χ4v) is 5.24. The van der Waals surface area contributed by atoms with Crippen LogP contribution in [0.5, 0.6) is 5.88 Å². The second-order valence-corrected chi connectivity index (χ2v) is 9.12. The van der Waals surface area contributed by atoms with Gasteiger partial charge in [-0.15, -0.1) is 0 Å². The Morgan fingerprint density at radius 2 is 2.28 bits per heavy atom. The van der Waals surface area contributed by atoms with Crippen LogP contribution in [0.25, 0.3) is 11.2 Å². The van der Waals surface area contributed by atoms with Crippen molar-refractivity contribution in [2.24, 2.45) is 0 Å². The molecule has 4 N–H and O–H groups in total. The average Bonchev–Trinajstić information content (AvgIpc) is 3.31. The zero-order valence-corrected chi connectivity index (χ0v) is 18.6. The number of esters is 1. The van der Waals surface area contributed by atoms with Crippen molar-refractivity contribution < 1.29 is 37.7 Å². The lowest BCUT2D eigenvalue weighted by Crippen LogP contribution is -2.43. The summed E-state index contributed by atoms with van der Waals surface area (Å²) in [5, 5.41) is 13.6. The van der Waals surface area contributed by atoms with E-state index in [-0.39, 0.29) is 37.4 Å². The number of ether oxygens (including phenoxy) is 3. The summed E-state index contributed by atoms with van der Waals surface area (Å²) in [6.07, 6.45) is -2.16. The maximum absolute atomic E-state index is 13.0. The Kier molecular flexibility index (Phi) is 6.34. The SMILES string of the molecule is CCC(=O)OC[C@H](C)NP1(=O)OC[C@H]2O[C@@H](n3cnc4c(OC)nc(N)nc43)[C@@H](O)[C@@H]2O1. The number of carbonyl (C=O) groups excluding carboxylic acids is 1. The van der Waals surface area contributed by atoms with Crippen LogP contribution in [0.2, 0.25) is 0 Å². The molecule has 0 spiro atoms. The first-order chi connectivity index (χ1) is 15.2. The van der Waals surface area contributed by atoms with Gasteiger partial charge in [0.25, 0.3) is 0 Å². The Morgan fingerprint density at radius 1 is 1.50 bits per heavy atom. The largest absolute Gasteiger partial charge is 0.479 e. The van der Waals surface area contributed by atoms with E-state index in [1.165, 1.54) is 18.0 Å². The highest BCUT2D eigenvalue weighted by atomic mass is 31.2. The summed E-state index contributed by atoms with van der Waals surface area (Å²) in [7, 11) is -2.36. The summed E-state index contributed by atoms with van der Waals surface area (Å²) in [4.78, 5) is 23.7. The first kappa shape index (κ1) is 22.8. The van der Waals surface area contributed by atoms with E-state index in [4.69, 9.17) is 29.0 Å². The number of fused-ring (bicyclic) bond motifs is 2. The second-order valence-electron chi connectivity index (χ2n) is 7.40. The number of hydrogen-bond donors (Lipinski definition) is 3. The molecule has 0 aliphatic carbocycles. The number of aromatic nitrogens is 4. The van der Waals surface area contributed by atoms with E-state index in [1.807, 2.05) is 0 Å². The molecule has 6 atom stereocenters. The third-order valence-electron chi connectivity index (χ3n) is 5.01. The van der Waals surface area contributed by atoms with Gasteiger partial charge in [-0.1, -0.05) is 6.92 Å². The fraction of sp³-hybridized carbons (Fsp3) is 0.647. The Labute approximate surface area is 182 Å². The number of hydrogen-bond acceptors (Lipinski definition) is 12. The monoisotopic (exact) mass is 472 g/mol. The Bertz CT molecular complexity index is 1050. The topological polar surface area (TPSA) is 182 Å². The van der Waals surface area contributed by atoms with Crippen molar-refractivity contribution in [3.63, 3.8) is 0 Å². The van der Waals surface area contributed by atoms with E-state index in [9.17, 15) is 14.5 Å². The molecule has 4 rings (SSSR count). The Hall–Kier alpha value is -2.35. The molecule has 0 aromatic carbocycles. The molecule has 4 heterocycles. The maximum atomic E-state index is 13.0. The van der Waals surface area contributed by atoms with Crippen molar-refractivity contribution in [1.82, 2.24) is 24.6 Å². The smallest absolute Gasteiger partial charge is 0.406 e. The van der Waals surface area contributed by atoms with Gasteiger partial charge in [0, 0.05) is 12.5 Å². The van der Waals surface area contributed by atoms with Crippen LogP contribution in [0.4, 0.5) is 5.95 Å². The first-order valence-electron chi connectivity index (χ1n) is 9.98. The number of nitrogens with two attached hydrogens (primary N) is 1. The lowest BCUT2D eigenvalue weighted by Gasteiger charge is -2.33. The average molecular weight is 472 g/mol. The molecule has 15 heteroatoms. The number of nitrogens with zero attached hydrogens (tertiary/aromatic N) is 4. The molecule has 2 aromatic heterocycles. The van der Waals surface area contributed by atoms with Gasteiger partial charge in [0.05, 0.1) is 20.0 Å². The molecular weight excluding hydrogens is 447 g/mol. The summed E-state index contributed by atoms with van der Waals surface area (Å²) < 4.78 is 41.6. The quantitative estimate of drug-likeness (QED) is 0.365. The van der Waals surface area contributed by atoms with Gasteiger partial charge in [0.1, 0.15) is 24.9 Å². The summed E-state index contributed by atoms with van der Waals surface area (Å²) in [6, 6.07) is -0.507. The third-order valence-corrected chi connectivity index (χ3v) is 6.78. The number of anilines is 1. The van der Waals surface area contributed by atoms with Crippen molar-refractivity contribution in [3.05, 3.63) is 6.33 Å². The molecule has 176 valence electrons. The van der Waals surface area contributed by atoms with E-state index < -0.39 is 38.3 Å². The van der Waals surface area contributed by atoms with Crippen LogP contribution < -0.4 is 15.6 Å². The molecule has 2 aliphatic heterocycles. The lowest BCUT2D eigenvalue weighted by molar-refractivity contribution is -0.143. The van der Waals surface area contributed by atoms with Crippen molar-refractivity contribution in [2.75, 3.05) is 26.1 Å². The number of nitrogens with one attached hydrogen (secondary N) is 1. The summed E-state index contributed by atoms with van der Waals surface area (Å²) >= 11 is 0. The molecule has 0 bridgehead atoms. The van der Waals surface area contributed by atoms with E-state index in [2.05, 4.69) is 20.0 Å². The first-order valence-corrected chi connectivity index (χ1v) is 11.5. The van der Waals surface area contributed by atoms with Crippen molar-refractivity contribution in [1.29, 1.82) is 0 Å². The molecule has 14 nitrogen and oxygen atoms in total. The Balaban J connectivity index is 1.49. The fourth-order valence-electron chi connectivity index (χ4n) is 3.51. The lowest BCUT2D eigenvalue weighted by atomic mass is 10.1. The molecule has 0 amide bonds. The van der Waals surface area contributed by atoms with Gasteiger partial charge < -0.3 is 25.1 Å². The van der Waals surface area contributed by atoms with Gasteiger partial charge in [0.15, 0.2) is 17.4 Å². The highest BCUT2D eigenvalue weighted by Crippen LogP contribution is 2.53. The minimum Gasteiger partial charge on any atom is -0.479 e. The van der Waals surface area contributed by atoms with Crippen LogP contribution >= 0.6 is 7.75 Å². The number of carbonyl (C=O) groups is 1. The van der Waals surface area contributed by atoms with Gasteiger partial charge in [-0.2, -0.15) is 9.97 Å². The van der Waals surface area contributed by atoms with Crippen LogP contribution in [-0.2, 0) is 27.9 Å². The number of aliphatic hydroxyl groups excluding tert-OH is 1. The van der Waals surface area contributed by atoms with Crippen LogP contribution in [0.1, 0.15) is 26.5 Å². The number of imidazole rings is 1. The normalized spacial score (nSPS) is 30.8. The van der Waals surface area contributed by atoms with Gasteiger partial charge in [-0.25, -0.2) is 14.6 Å². The zero-order valence-electron chi connectivity index (χ0n) is 17.7. The number of nitrogen functional groups attached to an aromatic ring is 1. The number of methoxy groups -OCH3 is 1. The molecule has 0 radical (unpaired) electrons. The van der Waals surface area contributed by atoms with E-state index in [1.54, 1.807) is 13.8 Å². The van der Waals surface area contributed by atoms with Crippen LogP contribution in [0.15, 0.2) is 6.33 Å². The minimum atomic E-state index is -3.79. The van der Waals surface area contributed by atoms with Gasteiger partial charge >= 0.3 is 13.7 Å². The predicted molar refractivity (Wildman–Crippen MR) is 108 cm³/mol. The van der Waals surface area contributed by atoms with Gasteiger partial charge in [0.2, 0.25) is 11.8 Å². The van der Waals surface area contributed by atoms with Crippen molar-refractivity contribution in [3.8, 4) is 5.88 Å². The molecule has 2 saturated heterocycles. The molecule has 32 heavy (non-hydrogen) atoms. The molecule has 1 unspecified atom stereocenters.